The number of alkyl halides is 2. The first kappa shape index (κ1) is 11.8. The van der Waals surface area contributed by atoms with Gasteiger partial charge in [0.1, 0.15) is 5.82 Å². The Morgan fingerprint density at radius 1 is 1.29 bits per heavy atom. The van der Waals surface area contributed by atoms with Crippen LogP contribution < -0.4 is 16.1 Å². The molecule has 0 atom stereocenters. The summed E-state index contributed by atoms with van der Waals surface area (Å²) in [5.74, 6) is -2.33. The predicted octanol–water partition coefficient (Wildman–Crippen LogP) is 0.309. The number of anilines is 1. The van der Waals surface area contributed by atoms with Crippen molar-refractivity contribution >= 4 is 5.82 Å². The van der Waals surface area contributed by atoms with Crippen LogP contribution in [0.3, 0.4) is 0 Å². The minimum absolute atomic E-state index is 0.135. The number of rotatable bonds is 1. The topological polar surface area (TPSA) is 58.1 Å². The van der Waals surface area contributed by atoms with Crippen LogP contribution in [0.15, 0.2) is 15.7 Å². The summed E-state index contributed by atoms with van der Waals surface area (Å²) < 4.78 is 26.8. The molecule has 0 bridgehead atoms. The number of nitrogens with zero attached hydrogens (tertiary/aromatic N) is 2. The van der Waals surface area contributed by atoms with Crippen LogP contribution in [0, 0.1) is 0 Å². The second-order valence-electron chi connectivity index (χ2n) is 4.20. The van der Waals surface area contributed by atoms with Crippen molar-refractivity contribution in [2.45, 2.75) is 18.8 Å². The Kier molecular flexibility index (Phi) is 2.76. The lowest BCUT2D eigenvalue weighted by atomic mass is 10.1. The van der Waals surface area contributed by atoms with E-state index in [4.69, 9.17) is 0 Å². The largest absolute Gasteiger partial charge is 0.357 e. The van der Waals surface area contributed by atoms with Crippen LogP contribution in [0.4, 0.5) is 14.6 Å². The number of hydrogen-bond acceptors (Lipinski definition) is 3. The van der Waals surface area contributed by atoms with Crippen LogP contribution in [0.25, 0.3) is 0 Å². The minimum atomic E-state index is -2.64. The van der Waals surface area contributed by atoms with Crippen LogP contribution in [-0.2, 0) is 7.05 Å². The Morgan fingerprint density at radius 2 is 1.88 bits per heavy atom. The molecule has 7 heteroatoms. The van der Waals surface area contributed by atoms with E-state index in [2.05, 4.69) is 4.98 Å². The Balaban J connectivity index is 2.25. The van der Waals surface area contributed by atoms with E-state index < -0.39 is 17.2 Å². The van der Waals surface area contributed by atoms with Crippen LogP contribution in [0.5, 0.6) is 0 Å². The van der Waals surface area contributed by atoms with Gasteiger partial charge in [-0.2, -0.15) is 0 Å². The normalized spacial score (nSPS) is 19.4. The highest BCUT2D eigenvalue weighted by molar-refractivity contribution is 5.37. The fraction of sp³-hybridized carbons (Fsp3) is 0.600. The van der Waals surface area contributed by atoms with Crippen molar-refractivity contribution in [1.29, 1.82) is 0 Å². The van der Waals surface area contributed by atoms with Crippen molar-refractivity contribution in [2.75, 3.05) is 18.0 Å². The molecule has 2 heterocycles. The summed E-state index contributed by atoms with van der Waals surface area (Å²) in [4.78, 5) is 26.9. The fourth-order valence-corrected chi connectivity index (χ4v) is 1.79. The molecule has 0 spiro atoms. The van der Waals surface area contributed by atoms with Crippen molar-refractivity contribution in [3.05, 3.63) is 26.9 Å². The molecule has 1 aliphatic rings. The molecule has 2 rings (SSSR count). The first-order valence-corrected chi connectivity index (χ1v) is 5.32. The van der Waals surface area contributed by atoms with Gasteiger partial charge in [0.15, 0.2) is 0 Å². The van der Waals surface area contributed by atoms with Crippen molar-refractivity contribution < 1.29 is 8.78 Å². The number of halogens is 2. The Labute approximate surface area is 95.7 Å². The zero-order valence-corrected chi connectivity index (χ0v) is 9.37. The van der Waals surface area contributed by atoms with Gasteiger partial charge in [0.05, 0.1) is 0 Å². The van der Waals surface area contributed by atoms with Gasteiger partial charge in [0.25, 0.3) is 11.5 Å². The Bertz CT molecular complexity index is 494. The molecular weight excluding hydrogens is 232 g/mol. The standard InChI is InChI=1S/C10H13F2N3O2/c1-14-8(16)6-7(13-9(14)17)15-4-2-10(11,12)3-5-15/h6H,2-5H2,1H3,(H,13,17). The molecule has 17 heavy (non-hydrogen) atoms. The monoisotopic (exact) mass is 245 g/mol. The van der Waals surface area contributed by atoms with Crippen LogP contribution in [-0.4, -0.2) is 28.6 Å². The maximum absolute atomic E-state index is 13.0. The third-order valence-electron chi connectivity index (χ3n) is 2.97. The van der Waals surface area contributed by atoms with Gasteiger partial charge in [-0.3, -0.25) is 14.3 Å². The van der Waals surface area contributed by atoms with Crippen molar-refractivity contribution in [3.8, 4) is 0 Å². The quantitative estimate of drug-likeness (QED) is 0.774. The number of aromatic amines is 1. The summed E-state index contributed by atoms with van der Waals surface area (Å²) in [6, 6.07) is 1.25. The van der Waals surface area contributed by atoms with Gasteiger partial charge in [-0.25, -0.2) is 13.6 Å². The van der Waals surface area contributed by atoms with Gasteiger partial charge in [-0.15, -0.1) is 0 Å². The van der Waals surface area contributed by atoms with Crippen LogP contribution in [0.2, 0.25) is 0 Å². The molecule has 1 aromatic heterocycles. The predicted molar refractivity (Wildman–Crippen MR) is 58.7 cm³/mol. The lowest BCUT2D eigenvalue weighted by Crippen LogP contribution is -2.42. The molecule has 1 aliphatic heterocycles. The second kappa shape index (κ2) is 3.97. The SMILES string of the molecule is Cn1c(=O)cc(N2CCC(F)(F)CC2)[nH]c1=O. The van der Waals surface area contributed by atoms with Gasteiger partial charge < -0.3 is 4.90 Å². The molecule has 0 saturated carbocycles. The molecule has 94 valence electrons. The van der Waals surface area contributed by atoms with E-state index in [1.807, 2.05) is 0 Å². The second-order valence-corrected chi connectivity index (χ2v) is 4.20. The number of nitrogens with one attached hydrogen (secondary N) is 1. The summed E-state index contributed by atoms with van der Waals surface area (Å²) in [7, 11) is 1.36. The average molecular weight is 245 g/mol. The summed E-state index contributed by atoms with van der Waals surface area (Å²) in [6.07, 6.45) is -0.519. The highest BCUT2D eigenvalue weighted by Gasteiger charge is 2.34. The molecule has 1 fully saturated rings. The van der Waals surface area contributed by atoms with E-state index in [9.17, 15) is 18.4 Å². The Morgan fingerprint density at radius 3 is 2.41 bits per heavy atom. The third kappa shape index (κ3) is 2.37. The molecular formula is C10H13F2N3O2. The van der Waals surface area contributed by atoms with E-state index >= 15 is 0 Å². The molecule has 0 radical (unpaired) electrons. The first-order chi connectivity index (χ1) is 7.89. The van der Waals surface area contributed by atoms with E-state index in [-0.39, 0.29) is 25.9 Å². The summed E-state index contributed by atoms with van der Waals surface area (Å²) in [6.45, 7) is 0.270. The van der Waals surface area contributed by atoms with E-state index in [0.29, 0.717) is 5.82 Å². The molecule has 0 amide bonds. The van der Waals surface area contributed by atoms with E-state index in [0.717, 1.165) is 4.57 Å². The van der Waals surface area contributed by atoms with E-state index in [1.165, 1.54) is 13.1 Å². The Hall–Kier alpha value is -1.66. The molecule has 1 saturated heterocycles. The minimum Gasteiger partial charge on any atom is -0.357 e. The zero-order valence-electron chi connectivity index (χ0n) is 9.37. The van der Waals surface area contributed by atoms with Crippen LogP contribution >= 0.6 is 0 Å². The highest BCUT2D eigenvalue weighted by Crippen LogP contribution is 2.28. The maximum atomic E-state index is 13.0. The maximum Gasteiger partial charge on any atom is 0.329 e. The fourth-order valence-electron chi connectivity index (χ4n) is 1.79. The highest BCUT2D eigenvalue weighted by atomic mass is 19.3. The van der Waals surface area contributed by atoms with Crippen LogP contribution in [0.1, 0.15) is 12.8 Å². The molecule has 5 nitrogen and oxygen atoms in total. The van der Waals surface area contributed by atoms with Gasteiger partial charge in [0, 0.05) is 39.0 Å². The van der Waals surface area contributed by atoms with Crippen molar-refractivity contribution in [1.82, 2.24) is 9.55 Å². The molecule has 1 aromatic rings. The number of piperidine rings is 1. The summed E-state index contributed by atoms with van der Waals surface area (Å²) in [5.41, 5.74) is -0.981. The third-order valence-corrected chi connectivity index (χ3v) is 2.97. The average Bonchev–Trinajstić information content (AvgIpc) is 2.25. The molecule has 0 aromatic carbocycles. The first-order valence-electron chi connectivity index (χ1n) is 5.32. The van der Waals surface area contributed by atoms with Crippen molar-refractivity contribution in [2.24, 2.45) is 7.05 Å². The van der Waals surface area contributed by atoms with Gasteiger partial charge in [-0.1, -0.05) is 0 Å². The molecule has 1 N–H and O–H groups in total. The van der Waals surface area contributed by atoms with Crippen molar-refractivity contribution in [3.63, 3.8) is 0 Å². The smallest absolute Gasteiger partial charge is 0.329 e. The number of H-pyrrole nitrogens is 1. The lowest BCUT2D eigenvalue weighted by Gasteiger charge is -2.32. The van der Waals surface area contributed by atoms with E-state index in [1.54, 1.807) is 4.90 Å². The van der Waals surface area contributed by atoms with Gasteiger partial charge in [-0.05, 0) is 0 Å². The molecule has 0 aliphatic carbocycles. The van der Waals surface area contributed by atoms with Gasteiger partial charge >= 0.3 is 5.69 Å². The summed E-state index contributed by atoms with van der Waals surface area (Å²) in [5, 5.41) is 0. The number of aromatic nitrogens is 2. The van der Waals surface area contributed by atoms with Gasteiger partial charge in [0.2, 0.25) is 0 Å². The molecule has 0 unspecified atom stereocenters. The zero-order chi connectivity index (χ0) is 12.6. The summed E-state index contributed by atoms with van der Waals surface area (Å²) >= 11 is 0. The number of hydrogen-bond donors (Lipinski definition) is 1. The lowest BCUT2D eigenvalue weighted by molar-refractivity contribution is -0.0221.